The van der Waals surface area contributed by atoms with Crippen LogP contribution in [-0.4, -0.2) is 34.5 Å². The summed E-state index contributed by atoms with van der Waals surface area (Å²) >= 11 is 0. The summed E-state index contributed by atoms with van der Waals surface area (Å²) in [6, 6.07) is 14.7. The lowest BCUT2D eigenvalue weighted by Gasteiger charge is -2.19. The molecule has 1 atom stereocenters. The molecule has 0 aliphatic carbocycles. The molecule has 1 unspecified atom stereocenters. The van der Waals surface area contributed by atoms with Crippen LogP contribution in [0, 0.1) is 0 Å². The molecule has 7 heteroatoms. The Bertz CT molecular complexity index is 1060. The SMILES string of the molecule is CC(OC(=O)c1ccc(Oc2ccc(C(C)(C)C)cc2)nc1)C(=O)NCCc1ccncc1. The fraction of sp³-hybridized carbons (Fsp3) is 0.308. The number of carbonyl (C=O) groups excluding carboxylic acids is 2. The number of hydrogen-bond acceptors (Lipinski definition) is 6. The van der Waals surface area contributed by atoms with E-state index >= 15 is 0 Å². The van der Waals surface area contributed by atoms with E-state index in [-0.39, 0.29) is 16.9 Å². The van der Waals surface area contributed by atoms with Crippen molar-refractivity contribution in [1.29, 1.82) is 0 Å². The van der Waals surface area contributed by atoms with Crippen molar-refractivity contribution in [1.82, 2.24) is 15.3 Å². The van der Waals surface area contributed by atoms with E-state index < -0.39 is 12.1 Å². The van der Waals surface area contributed by atoms with Crippen LogP contribution < -0.4 is 10.1 Å². The Morgan fingerprint density at radius 3 is 2.30 bits per heavy atom. The zero-order valence-electron chi connectivity index (χ0n) is 19.4. The second-order valence-electron chi connectivity index (χ2n) is 8.71. The Morgan fingerprint density at radius 2 is 1.70 bits per heavy atom. The standard InChI is InChI=1S/C26H29N3O4/c1-18(24(30)28-16-13-19-11-14-27-15-12-19)32-25(31)20-5-10-23(29-17-20)33-22-8-6-21(7-9-22)26(2,3)4/h5-12,14-15,17-18H,13,16H2,1-4H3,(H,28,30). The van der Waals surface area contributed by atoms with Gasteiger partial charge in [-0.15, -0.1) is 0 Å². The zero-order valence-corrected chi connectivity index (χ0v) is 19.4. The summed E-state index contributed by atoms with van der Waals surface area (Å²) in [6.07, 6.45) is 4.52. The van der Waals surface area contributed by atoms with E-state index in [4.69, 9.17) is 9.47 Å². The van der Waals surface area contributed by atoms with Crippen LogP contribution in [0.4, 0.5) is 0 Å². The van der Waals surface area contributed by atoms with Gasteiger partial charge < -0.3 is 14.8 Å². The molecule has 2 aromatic heterocycles. The molecule has 1 N–H and O–H groups in total. The predicted octanol–water partition coefficient (Wildman–Crippen LogP) is 4.47. The first-order valence-corrected chi connectivity index (χ1v) is 10.8. The number of nitrogens with zero attached hydrogens (tertiary/aromatic N) is 2. The van der Waals surface area contributed by atoms with Gasteiger partial charge in [0.05, 0.1) is 5.56 Å². The average molecular weight is 448 g/mol. The van der Waals surface area contributed by atoms with Gasteiger partial charge in [0.25, 0.3) is 5.91 Å². The summed E-state index contributed by atoms with van der Waals surface area (Å²) in [6.45, 7) is 8.42. The smallest absolute Gasteiger partial charge is 0.340 e. The first-order chi connectivity index (χ1) is 15.7. The highest BCUT2D eigenvalue weighted by atomic mass is 16.5. The van der Waals surface area contributed by atoms with E-state index in [1.54, 1.807) is 24.5 Å². The normalized spacial score (nSPS) is 12.0. The van der Waals surface area contributed by atoms with Crippen molar-refractivity contribution in [2.24, 2.45) is 0 Å². The Kier molecular flexibility index (Phi) is 7.77. The third-order valence-electron chi connectivity index (χ3n) is 5.03. The Morgan fingerprint density at radius 1 is 1.00 bits per heavy atom. The van der Waals surface area contributed by atoms with Crippen LogP contribution in [0.25, 0.3) is 0 Å². The monoisotopic (exact) mass is 447 g/mol. The number of nitrogens with one attached hydrogen (secondary N) is 1. The molecule has 0 fully saturated rings. The summed E-state index contributed by atoms with van der Waals surface area (Å²) < 4.78 is 11.0. The molecule has 7 nitrogen and oxygen atoms in total. The number of hydrogen-bond donors (Lipinski definition) is 1. The van der Waals surface area contributed by atoms with Crippen molar-refractivity contribution in [2.75, 3.05) is 6.54 Å². The van der Waals surface area contributed by atoms with Crippen LogP contribution in [0.2, 0.25) is 0 Å². The molecular formula is C26H29N3O4. The zero-order chi connectivity index (χ0) is 23.8. The minimum atomic E-state index is -0.924. The molecule has 0 bridgehead atoms. The van der Waals surface area contributed by atoms with E-state index in [0.29, 0.717) is 24.6 Å². The number of amides is 1. The number of carbonyl (C=O) groups is 2. The van der Waals surface area contributed by atoms with Gasteiger partial charge in [0.15, 0.2) is 6.10 Å². The fourth-order valence-corrected chi connectivity index (χ4v) is 3.01. The minimum Gasteiger partial charge on any atom is -0.449 e. The van der Waals surface area contributed by atoms with Crippen molar-refractivity contribution in [2.45, 2.75) is 45.6 Å². The molecule has 0 saturated carbocycles. The molecule has 0 spiro atoms. The van der Waals surface area contributed by atoms with Crippen LogP contribution in [0.1, 0.15) is 49.2 Å². The van der Waals surface area contributed by atoms with Crippen molar-refractivity contribution in [3.8, 4) is 11.6 Å². The second kappa shape index (κ2) is 10.7. The summed E-state index contributed by atoms with van der Waals surface area (Å²) in [5, 5.41) is 2.77. The number of esters is 1. The first kappa shape index (κ1) is 23.9. The van der Waals surface area contributed by atoms with Gasteiger partial charge in [0.2, 0.25) is 5.88 Å². The molecule has 172 valence electrons. The van der Waals surface area contributed by atoms with Gasteiger partial charge in [-0.1, -0.05) is 32.9 Å². The number of rotatable bonds is 8. The van der Waals surface area contributed by atoms with E-state index in [9.17, 15) is 9.59 Å². The van der Waals surface area contributed by atoms with E-state index in [2.05, 4.69) is 36.1 Å². The Balaban J connectivity index is 1.48. The van der Waals surface area contributed by atoms with E-state index in [0.717, 1.165) is 5.56 Å². The van der Waals surface area contributed by atoms with Crippen LogP contribution in [-0.2, 0) is 21.4 Å². The topological polar surface area (TPSA) is 90.4 Å². The third-order valence-corrected chi connectivity index (χ3v) is 5.03. The van der Waals surface area contributed by atoms with Gasteiger partial charge >= 0.3 is 5.97 Å². The van der Waals surface area contributed by atoms with Gasteiger partial charge in [0, 0.05) is 31.2 Å². The Labute approximate surface area is 194 Å². The molecule has 0 aliphatic rings. The number of benzene rings is 1. The lowest BCUT2D eigenvalue weighted by Crippen LogP contribution is -2.36. The largest absolute Gasteiger partial charge is 0.449 e. The summed E-state index contributed by atoms with van der Waals surface area (Å²) in [5.41, 5.74) is 2.57. The highest BCUT2D eigenvalue weighted by Gasteiger charge is 2.19. The van der Waals surface area contributed by atoms with Crippen molar-refractivity contribution in [3.63, 3.8) is 0 Å². The highest BCUT2D eigenvalue weighted by Crippen LogP contribution is 2.26. The van der Waals surface area contributed by atoms with Crippen LogP contribution in [0.3, 0.4) is 0 Å². The molecule has 3 aromatic rings. The van der Waals surface area contributed by atoms with Gasteiger partial charge in [-0.05, 0) is 60.2 Å². The molecule has 0 radical (unpaired) electrons. The molecule has 0 saturated heterocycles. The number of ether oxygens (including phenoxy) is 2. The van der Waals surface area contributed by atoms with Crippen molar-refractivity contribution >= 4 is 11.9 Å². The van der Waals surface area contributed by atoms with Gasteiger partial charge in [-0.25, -0.2) is 9.78 Å². The highest BCUT2D eigenvalue weighted by molar-refractivity contribution is 5.92. The maximum absolute atomic E-state index is 12.4. The predicted molar refractivity (Wildman–Crippen MR) is 125 cm³/mol. The lowest BCUT2D eigenvalue weighted by atomic mass is 9.87. The average Bonchev–Trinajstić information content (AvgIpc) is 2.80. The second-order valence-corrected chi connectivity index (χ2v) is 8.71. The number of pyridine rings is 2. The van der Waals surface area contributed by atoms with Gasteiger partial charge in [-0.2, -0.15) is 0 Å². The maximum Gasteiger partial charge on any atom is 0.340 e. The lowest BCUT2D eigenvalue weighted by molar-refractivity contribution is -0.129. The quantitative estimate of drug-likeness (QED) is 0.513. The molecule has 0 aliphatic heterocycles. The molecule has 1 aromatic carbocycles. The third kappa shape index (κ3) is 7.14. The van der Waals surface area contributed by atoms with Crippen molar-refractivity contribution in [3.05, 3.63) is 83.8 Å². The first-order valence-electron chi connectivity index (χ1n) is 10.8. The molecule has 1 amide bonds. The fourth-order valence-electron chi connectivity index (χ4n) is 3.01. The van der Waals surface area contributed by atoms with Gasteiger partial charge in [-0.3, -0.25) is 9.78 Å². The molecule has 2 heterocycles. The minimum absolute atomic E-state index is 0.0619. The van der Waals surface area contributed by atoms with Crippen molar-refractivity contribution < 1.29 is 19.1 Å². The molecule has 3 rings (SSSR count). The summed E-state index contributed by atoms with van der Waals surface area (Å²) in [5.74, 6) is 0.0317. The van der Waals surface area contributed by atoms with E-state index in [1.165, 1.54) is 18.7 Å². The van der Waals surface area contributed by atoms with Crippen LogP contribution >= 0.6 is 0 Å². The van der Waals surface area contributed by atoms with E-state index in [1.807, 2.05) is 36.4 Å². The van der Waals surface area contributed by atoms with Crippen LogP contribution in [0.15, 0.2) is 67.1 Å². The molecular weight excluding hydrogens is 418 g/mol. The maximum atomic E-state index is 12.4. The molecule has 33 heavy (non-hydrogen) atoms. The van der Waals surface area contributed by atoms with Gasteiger partial charge in [0.1, 0.15) is 5.75 Å². The summed E-state index contributed by atoms with van der Waals surface area (Å²) in [4.78, 5) is 32.7. The Hall–Kier alpha value is -3.74. The van der Waals surface area contributed by atoms with Crippen LogP contribution in [0.5, 0.6) is 11.6 Å². The summed E-state index contributed by atoms with van der Waals surface area (Å²) in [7, 11) is 0. The number of aromatic nitrogens is 2.